The molecule has 0 aromatic heterocycles. The van der Waals surface area contributed by atoms with E-state index in [9.17, 15) is 9.59 Å². The van der Waals surface area contributed by atoms with E-state index in [-0.39, 0.29) is 33.6 Å². The van der Waals surface area contributed by atoms with Gasteiger partial charge in [-0.15, -0.1) is 0 Å². The number of carbonyl (C=O) groups excluding carboxylic acids is 2. The number of rotatable bonds is 11. The van der Waals surface area contributed by atoms with Crippen LogP contribution in [0, 0.1) is 0 Å². The van der Waals surface area contributed by atoms with Crippen LogP contribution in [0.5, 0.6) is 23.0 Å². The van der Waals surface area contributed by atoms with Crippen molar-refractivity contribution in [2.75, 3.05) is 32.8 Å². The number of ether oxygens (including phenoxy) is 4. The number of anilines is 1. The molecule has 0 saturated heterocycles. The van der Waals surface area contributed by atoms with Gasteiger partial charge in [-0.25, -0.2) is 0 Å². The Morgan fingerprint density at radius 2 is 1.64 bits per heavy atom. The highest BCUT2D eigenvalue weighted by atomic mass is 35.5. The predicted octanol–water partition coefficient (Wildman–Crippen LogP) is 5.49. The average Bonchev–Trinajstić information content (AvgIpc) is 2.77. The molecular formula is C22H25Cl2N3O6. The lowest BCUT2D eigenvalue weighted by Crippen LogP contribution is -2.32. The fraction of sp³-hybridized carbons (Fsp3) is 0.364. The zero-order valence-electron chi connectivity index (χ0n) is 18.9. The lowest BCUT2D eigenvalue weighted by atomic mass is 10.2. The fourth-order valence-electron chi connectivity index (χ4n) is 2.84. The molecule has 0 bridgehead atoms. The Morgan fingerprint density at radius 3 is 2.21 bits per heavy atom. The Balaban J connectivity index is 2.39. The largest absolute Gasteiger partial charge is 0.494 e. The monoisotopic (exact) mass is 497 g/mol. The zero-order chi connectivity index (χ0) is 24.5. The number of carbonyl (C=O) groups is 2. The maximum atomic E-state index is 12.9. The van der Waals surface area contributed by atoms with Gasteiger partial charge < -0.3 is 24.3 Å². The van der Waals surface area contributed by atoms with Gasteiger partial charge in [0.25, 0.3) is 5.91 Å². The second kappa shape index (κ2) is 12.3. The third-order valence-electron chi connectivity index (χ3n) is 4.24. The molecule has 0 saturated carbocycles. The van der Waals surface area contributed by atoms with Gasteiger partial charge in [0.05, 0.1) is 43.2 Å². The Morgan fingerprint density at radius 1 is 0.970 bits per heavy atom. The van der Waals surface area contributed by atoms with Gasteiger partial charge in [0.15, 0.2) is 23.0 Å². The van der Waals surface area contributed by atoms with Crippen LogP contribution in [0.15, 0.2) is 34.5 Å². The van der Waals surface area contributed by atoms with Gasteiger partial charge in [0.1, 0.15) is 11.4 Å². The van der Waals surface area contributed by atoms with E-state index in [0.29, 0.717) is 24.0 Å². The Bertz CT molecular complexity index is 1050. The number of hydrogen-bond acceptors (Lipinski definition) is 8. The number of methoxy groups -OCH3 is 2. The van der Waals surface area contributed by atoms with E-state index in [2.05, 4.69) is 15.5 Å². The molecular weight excluding hydrogens is 473 g/mol. The van der Waals surface area contributed by atoms with Crippen molar-refractivity contribution in [3.63, 3.8) is 0 Å². The molecule has 0 aliphatic rings. The molecule has 2 rings (SSSR count). The number of halogens is 2. The molecule has 1 amide bonds. The fourth-order valence-corrected chi connectivity index (χ4v) is 3.32. The van der Waals surface area contributed by atoms with Gasteiger partial charge >= 0.3 is 0 Å². The maximum Gasteiger partial charge on any atom is 0.258 e. The van der Waals surface area contributed by atoms with E-state index in [1.54, 1.807) is 19.1 Å². The number of ketones is 1. The summed E-state index contributed by atoms with van der Waals surface area (Å²) in [6, 6.07) is 4.75. The highest BCUT2D eigenvalue weighted by Crippen LogP contribution is 2.41. The quantitative estimate of drug-likeness (QED) is 0.324. The number of nitrogens with one attached hydrogen (secondary N) is 1. The Hall–Kier alpha value is -3.04. The third kappa shape index (κ3) is 6.49. The van der Waals surface area contributed by atoms with Crippen molar-refractivity contribution in [2.24, 2.45) is 10.2 Å². The van der Waals surface area contributed by atoms with Gasteiger partial charge in [0.2, 0.25) is 6.04 Å². The molecule has 0 radical (unpaired) electrons. The predicted molar refractivity (Wildman–Crippen MR) is 126 cm³/mol. The summed E-state index contributed by atoms with van der Waals surface area (Å²) in [5.74, 6) is -0.103. The first-order valence-electron chi connectivity index (χ1n) is 9.99. The van der Waals surface area contributed by atoms with E-state index < -0.39 is 17.7 Å². The molecule has 178 valence electrons. The van der Waals surface area contributed by atoms with Crippen LogP contribution in [0.25, 0.3) is 0 Å². The zero-order valence-corrected chi connectivity index (χ0v) is 20.4. The van der Waals surface area contributed by atoms with Crippen LogP contribution in [0.4, 0.5) is 11.4 Å². The normalized spacial score (nSPS) is 11.7. The molecule has 33 heavy (non-hydrogen) atoms. The van der Waals surface area contributed by atoms with E-state index >= 15 is 0 Å². The molecule has 0 aliphatic heterocycles. The standard InChI is InChI=1S/C22H25Cl2N3O6/c1-6-32-13-10-15(24)19(33-7-2)17(11-13)26-27-18(12(3)28)22(29)25-16-9-8-14(23)20(30-4)21(16)31-5/h8-11,18H,6-7H2,1-5H3,(H,25,29). The van der Waals surface area contributed by atoms with E-state index in [4.69, 9.17) is 42.1 Å². The molecule has 1 atom stereocenters. The summed E-state index contributed by atoms with van der Waals surface area (Å²) in [4.78, 5) is 25.1. The Kier molecular flexibility index (Phi) is 9.74. The number of azo groups is 1. The van der Waals surface area contributed by atoms with Crippen LogP contribution in [-0.4, -0.2) is 45.2 Å². The molecule has 1 N–H and O–H groups in total. The molecule has 0 fully saturated rings. The maximum absolute atomic E-state index is 12.9. The second-order valence-electron chi connectivity index (χ2n) is 6.50. The van der Waals surface area contributed by atoms with E-state index in [0.717, 1.165) is 0 Å². The molecule has 11 heteroatoms. The molecule has 2 aromatic rings. The first kappa shape index (κ1) is 26.2. The molecule has 0 heterocycles. The molecule has 9 nitrogen and oxygen atoms in total. The molecule has 0 aliphatic carbocycles. The van der Waals surface area contributed by atoms with Crippen molar-refractivity contribution >= 4 is 46.3 Å². The summed E-state index contributed by atoms with van der Waals surface area (Å²) in [5.41, 5.74) is 0.471. The minimum absolute atomic E-state index is 0.201. The lowest BCUT2D eigenvalue weighted by molar-refractivity contribution is -0.126. The van der Waals surface area contributed by atoms with Crippen molar-refractivity contribution in [3.8, 4) is 23.0 Å². The minimum Gasteiger partial charge on any atom is -0.494 e. The highest BCUT2D eigenvalue weighted by molar-refractivity contribution is 6.33. The highest BCUT2D eigenvalue weighted by Gasteiger charge is 2.26. The topological polar surface area (TPSA) is 108 Å². The van der Waals surface area contributed by atoms with Crippen LogP contribution in [-0.2, 0) is 9.59 Å². The summed E-state index contributed by atoms with van der Waals surface area (Å²) in [5, 5.41) is 11.2. The number of benzene rings is 2. The van der Waals surface area contributed by atoms with Crippen LogP contribution in [0.1, 0.15) is 20.8 Å². The summed E-state index contributed by atoms with van der Waals surface area (Å²) in [6.07, 6.45) is 0. The number of nitrogens with zero attached hydrogens (tertiary/aromatic N) is 2. The SMILES string of the molecule is CCOc1cc(Cl)c(OCC)c(N=NC(C(C)=O)C(=O)Nc2ccc(Cl)c(OC)c2OC)c1. The van der Waals surface area contributed by atoms with Crippen LogP contribution >= 0.6 is 23.2 Å². The first-order chi connectivity index (χ1) is 15.8. The van der Waals surface area contributed by atoms with Crippen LogP contribution < -0.4 is 24.3 Å². The van der Waals surface area contributed by atoms with Crippen molar-refractivity contribution in [2.45, 2.75) is 26.8 Å². The summed E-state index contributed by atoms with van der Waals surface area (Å²) >= 11 is 12.4. The van der Waals surface area contributed by atoms with Crippen molar-refractivity contribution in [1.82, 2.24) is 0 Å². The smallest absolute Gasteiger partial charge is 0.258 e. The Labute approximate surface area is 202 Å². The minimum atomic E-state index is -1.44. The van der Waals surface area contributed by atoms with Gasteiger partial charge in [-0.1, -0.05) is 23.2 Å². The van der Waals surface area contributed by atoms with Gasteiger partial charge in [-0.3, -0.25) is 9.59 Å². The average molecular weight is 498 g/mol. The summed E-state index contributed by atoms with van der Waals surface area (Å²) in [7, 11) is 2.82. The number of Topliss-reactive ketones (excluding diaryl/α,β-unsaturated/α-hetero) is 1. The summed E-state index contributed by atoms with van der Waals surface area (Å²) < 4.78 is 21.5. The second-order valence-corrected chi connectivity index (χ2v) is 7.31. The lowest BCUT2D eigenvalue weighted by Gasteiger charge is -2.16. The van der Waals surface area contributed by atoms with Crippen LogP contribution in [0.2, 0.25) is 10.0 Å². The molecule has 0 spiro atoms. The van der Waals surface area contributed by atoms with Gasteiger partial charge in [-0.2, -0.15) is 10.2 Å². The molecule has 2 aromatic carbocycles. The third-order valence-corrected chi connectivity index (χ3v) is 4.82. The van der Waals surface area contributed by atoms with Crippen molar-refractivity contribution in [3.05, 3.63) is 34.3 Å². The van der Waals surface area contributed by atoms with E-state index in [1.165, 1.54) is 33.3 Å². The van der Waals surface area contributed by atoms with Crippen molar-refractivity contribution < 1.29 is 28.5 Å². The molecule has 1 unspecified atom stereocenters. The summed E-state index contributed by atoms with van der Waals surface area (Å²) in [6.45, 7) is 5.57. The number of hydrogen-bond donors (Lipinski definition) is 1. The van der Waals surface area contributed by atoms with Crippen LogP contribution in [0.3, 0.4) is 0 Å². The van der Waals surface area contributed by atoms with E-state index in [1.807, 2.05) is 6.92 Å². The number of amides is 1. The van der Waals surface area contributed by atoms with Gasteiger partial charge in [0, 0.05) is 12.1 Å². The van der Waals surface area contributed by atoms with Gasteiger partial charge in [-0.05, 0) is 32.9 Å². The van der Waals surface area contributed by atoms with Crippen molar-refractivity contribution in [1.29, 1.82) is 0 Å². The first-order valence-corrected chi connectivity index (χ1v) is 10.7.